The zero-order chi connectivity index (χ0) is 11.6. The number of unbranched alkanes of at least 4 members (excludes halogenated alkanes) is 2. The normalized spacial score (nSPS) is 9.31. The molecule has 0 aliphatic carbocycles. The zero-order valence-electron chi connectivity index (χ0n) is 9.78. The molecule has 0 amide bonds. The number of ketones is 1. The summed E-state index contributed by atoms with van der Waals surface area (Å²) in [5, 5.41) is 0. The molecule has 0 aliphatic heterocycles. The Labute approximate surface area is 97.5 Å². The van der Waals surface area contributed by atoms with Crippen LogP contribution >= 0.6 is 0 Å². The molecular weight excluding hydrogens is 196 g/mol. The third-order valence-corrected chi connectivity index (χ3v) is 2.29. The Morgan fingerprint density at radius 3 is 2.75 bits per heavy atom. The van der Waals surface area contributed by atoms with Crippen LogP contribution in [0.15, 0.2) is 48.2 Å². The highest BCUT2D eigenvalue weighted by molar-refractivity contribution is 5.91. The van der Waals surface area contributed by atoms with Gasteiger partial charge in [0.25, 0.3) is 0 Å². The van der Waals surface area contributed by atoms with E-state index in [4.69, 9.17) is 0 Å². The van der Waals surface area contributed by atoms with E-state index in [2.05, 4.69) is 12.7 Å². The third-order valence-electron chi connectivity index (χ3n) is 2.29. The van der Waals surface area contributed by atoms with Gasteiger partial charge in [0.1, 0.15) is 0 Å². The predicted octanol–water partition coefficient (Wildman–Crippen LogP) is 3.70. The lowest BCUT2D eigenvalue weighted by Gasteiger charge is -1.94. The second-order valence-corrected chi connectivity index (χ2v) is 3.79. The second kappa shape index (κ2) is 7.67. The van der Waals surface area contributed by atoms with Gasteiger partial charge >= 0.3 is 0 Å². The molecule has 0 radical (unpaired) electrons. The van der Waals surface area contributed by atoms with Crippen molar-refractivity contribution in [1.82, 2.24) is 0 Å². The standard InChI is InChI=1S/C15H18O/c1-2-3-4-5-9-12-15(16)13-14-10-7-6-8-11-14/h5-8,10-12H,2-4,13H2,1H3. The largest absolute Gasteiger partial charge is 0.294 e. The molecule has 0 atom stereocenters. The topological polar surface area (TPSA) is 17.1 Å². The molecular formula is C15H18O. The van der Waals surface area contributed by atoms with Gasteiger partial charge in [-0.3, -0.25) is 4.79 Å². The number of allylic oxidation sites excluding steroid dienone is 1. The van der Waals surface area contributed by atoms with Crippen molar-refractivity contribution in [2.75, 3.05) is 0 Å². The van der Waals surface area contributed by atoms with E-state index in [1.165, 1.54) is 6.42 Å². The van der Waals surface area contributed by atoms with E-state index in [9.17, 15) is 4.79 Å². The zero-order valence-corrected chi connectivity index (χ0v) is 9.78. The molecule has 1 nitrogen and oxygen atoms in total. The lowest BCUT2D eigenvalue weighted by Crippen LogP contribution is -1.97. The molecule has 0 aliphatic rings. The average molecular weight is 214 g/mol. The van der Waals surface area contributed by atoms with Crippen LogP contribution in [0.3, 0.4) is 0 Å². The first-order valence-corrected chi connectivity index (χ1v) is 5.80. The number of hydrogen-bond donors (Lipinski definition) is 0. The minimum Gasteiger partial charge on any atom is -0.294 e. The van der Waals surface area contributed by atoms with Gasteiger partial charge in [-0.2, -0.15) is 0 Å². The summed E-state index contributed by atoms with van der Waals surface area (Å²) in [5.74, 6) is 0.110. The molecule has 1 rings (SSSR count). The second-order valence-electron chi connectivity index (χ2n) is 3.79. The van der Waals surface area contributed by atoms with Gasteiger partial charge in [-0.05, 0) is 24.5 Å². The number of benzene rings is 1. The van der Waals surface area contributed by atoms with Crippen LogP contribution in [-0.4, -0.2) is 5.78 Å². The molecule has 0 aromatic heterocycles. The molecule has 1 aromatic carbocycles. The number of carbonyl (C=O) groups is 1. The van der Waals surface area contributed by atoms with Crippen molar-refractivity contribution in [2.24, 2.45) is 0 Å². The molecule has 0 saturated heterocycles. The highest BCUT2D eigenvalue weighted by Gasteiger charge is 1.97. The van der Waals surface area contributed by atoms with Crippen molar-refractivity contribution < 1.29 is 4.79 Å². The summed E-state index contributed by atoms with van der Waals surface area (Å²) in [5.41, 5.74) is 4.00. The Balaban J connectivity index is 2.39. The summed E-state index contributed by atoms with van der Waals surface area (Å²) in [7, 11) is 0. The summed E-state index contributed by atoms with van der Waals surface area (Å²) in [6, 6.07) is 9.78. The first-order valence-electron chi connectivity index (χ1n) is 5.80. The van der Waals surface area contributed by atoms with E-state index in [1.54, 1.807) is 6.08 Å². The first kappa shape index (κ1) is 12.5. The van der Waals surface area contributed by atoms with Gasteiger partial charge in [0.2, 0.25) is 0 Å². The summed E-state index contributed by atoms with van der Waals surface area (Å²) < 4.78 is 0. The van der Waals surface area contributed by atoms with Gasteiger partial charge in [0.05, 0.1) is 0 Å². The molecule has 0 spiro atoms. The molecule has 0 saturated carbocycles. The fourth-order valence-electron chi connectivity index (χ4n) is 1.39. The van der Waals surface area contributed by atoms with Crippen LogP contribution in [0.2, 0.25) is 0 Å². The Kier molecular flexibility index (Phi) is 5.98. The van der Waals surface area contributed by atoms with Crippen molar-refractivity contribution in [3.63, 3.8) is 0 Å². The molecule has 0 bridgehead atoms. The molecule has 0 unspecified atom stereocenters. The van der Waals surface area contributed by atoms with E-state index in [1.807, 2.05) is 36.4 Å². The highest BCUT2D eigenvalue weighted by Crippen LogP contribution is 2.00. The molecule has 0 N–H and O–H groups in total. The molecule has 1 heteroatoms. The predicted molar refractivity (Wildman–Crippen MR) is 67.3 cm³/mol. The summed E-state index contributed by atoms with van der Waals surface area (Å²) in [4.78, 5) is 11.5. The fourth-order valence-corrected chi connectivity index (χ4v) is 1.39. The van der Waals surface area contributed by atoms with Crippen molar-refractivity contribution in [1.29, 1.82) is 0 Å². The van der Waals surface area contributed by atoms with E-state index in [0.29, 0.717) is 6.42 Å². The molecule has 84 valence electrons. The Bertz CT molecular complexity index is 370. The van der Waals surface area contributed by atoms with Gasteiger partial charge in [-0.25, -0.2) is 0 Å². The first-order chi connectivity index (χ1) is 7.83. The summed E-state index contributed by atoms with van der Waals surface area (Å²) in [6.07, 6.45) is 7.29. The number of carbonyl (C=O) groups excluding carboxylic acids is 1. The lowest BCUT2D eigenvalue weighted by atomic mass is 10.1. The molecule has 16 heavy (non-hydrogen) atoms. The van der Waals surface area contributed by atoms with Gasteiger partial charge in [-0.1, -0.05) is 43.7 Å². The maximum Gasteiger partial charge on any atom is 0.167 e. The minimum absolute atomic E-state index is 0.110. The van der Waals surface area contributed by atoms with E-state index >= 15 is 0 Å². The smallest absolute Gasteiger partial charge is 0.167 e. The maximum atomic E-state index is 11.5. The van der Waals surface area contributed by atoms with Crippen LogP contribution in [0, 0.1) is 0 Å². The number of hydrogen-bond acceptors (Lipinski definition) is 1. The number of rotatable bonds is 6. The van der Waals surface area contributed by atoms with E-state index in [0.717, 1.165) is 18.4 Å². The van der Waals surface area contributed by atoms with Crippen LogP contribution < -0.4 is 0 Å². The minimum atomic E-state index is 0.110. The van der Waals surface area contributed by atoms with Crippen molar-refractivity contribution >= 4 is 5.78 Å². The van der Waals surface area contributed by atoms with Gasteiger partial charge < -0.3 is 0 Å². The molecule has 1 aromatic rings. The van der Waals surface area contributed by atoms with E-state index in [-0.39, 0.29) is 5.78 Å². The van der Waals surface area contributed by atoms with Gasteiger partial charge in [0.15, 0.2) is 5.78 Å². The van der Waals surface area contributed by atoms with Crippen molar-refractivity contribution in [2.45, 2.75) is 32.6 Å². The van der Waals surface area contributed by atoms with Crippen molar-refractivity contribution in [3.8, 4) is 0 Å². The van der Waals surface area contributed by atoms with Crippen LogP contribution in [0.25, 0.3) is 0 Å². The fraction of sp³-hybridized carbons (Fsp3) is 0.333. The third kappa shape index (κ3) is 5.33. The summed E-state index contributed by atoms with van der Waals surface area (Å²) >= 11 is 0. The van der Waals surface area contributed by atoms with Crippen LogP contribution in [0.5, 0.6) is 0 Å². The van der Waals surface area contributed by atoms with Crippen molar-refractivity contribution in [3.05, 3.63) is 53.8 Å². The summed E-state index contributed by atoms with van der Waals surface area (Å²) in [6.45, 7) is 2.15. The SMILES string of the molecule is CCCCC=C=CC(=O)Cc1ccccc1. The lowest BCUT2D eigenvalue weighted by molar-refractivity contribution is -0.114. The van der Waals surface area contributed by atoms with E-state index < -0.39 is 0 Å². The van der Waals surface area contributed by atoms with Crippen LogP contribution in [0.4, 0.5) is 0 Å². The quantitative estimate of drug-likeness (QED) is 0.401. The Morgan fingerprint density at radius 1 is 1.31 bits per heavy atom. The van der Waals surface area contributed by atoms with Gasteiger partial charge in [0, 0.05) is 12.5 Å². The van der Waals surface area contributed by atoms with Gasteiger partial charge in [-0.15, -0.1) is 5.73 Å². The van der Waals surface area contributed by atoms with Crippen LogP contribution in [-0.2, 0) is 11.2 Å². The Hall–Kier alpha value is -1.59. The highest BCUT2D eigenvalue weighted by atomic mass is 16.1. The monoisotopic (exact) mass is 214 g/mol. The maximum absolute atomic E-state index is 11.5. The Morgan fingerprint density at radius 2 is 2.06 bits per heavy atom. The molecule has 0 heterocycles. The average Bonchev–Trinajstić information content (AvgIpc) is 2.30. The molecule has 0 fully saturated rings. The van der Waals surface area contributed by atoms with Crippen LogP contribution in [0.1, 0.15) is 31.7 Å².